The predicted octanol–water partition coefficient (Wildman–Crippen LogP) is 2.18. The van der Waals surface area contributed by atoms with E-state index in [-0.39, 0.29) is 12.5 Å². The van der Waals surface area contributed by atoms with E-state index < -0.39 is 41.5 Å². The fourth-order valence-electron chi connectivity index (χ4n) is 3.79. The number of carbonyl (C=O) groups is 3. The highest BCUT2D eigenvalue weighted by Crippen LogP contribution is 2.44. The van der Waals surface area contributed by atoms with Gasteiger partial charge < -0.3 is 26.0 Å². The van der Waals surface area contributed by atoms with Gasteiger partial charge in [0.15, 0.2) is 0 Å². The number of carbonyl (C=O) groups excluding carboxylic acids is 2. The fraction of sp³-hybridized carbons (Fsp3) is 0.375. The Hall–Kier alpha value is -3.23. The molecule has 5 N–H and O–H groups in total. The van der Waals surface area contributed by atoms with Crippen LogP contribution in [-0.2, 0) is 23.9 Å². The van der Waals surface area contributed by atoms with Gasteiger partial charge >= 0.3 is 17.9 Å². The Morgan fingerprint density at radius 2 is 1.50 bits per heavy atom. The third-order valence-corrected chi connectivity index (χ3v) is 5.34. The predicted molar refractivity (Wildman–Crippen MR) is 118 cm³/mol. The normalized spacial score (nSPS) is 15.8. The average molecular weight is 440 g/mol. The van der Waals surface area contributed by atoms with Crippen LogP contribution < -0.4 is 11.5 Å². The Bertz CT molecular complexity index is 999. The second-order valence-corrected chi connectivity index (χ2v) is 8.95. The van der Waals surface area contributed by atoms with Crippen molar-refractivity contribution in [2.45, 2.75) is 50.3 Å². The highest BCUT2D eigenvalue weighted by molar-refractivity contribution is 6.04. The molecule has 0 saturated carbocycles. The lowest BCUT2D eigenvalue weighted by molar-refractivity contribution is -0.163. The van der Waals surface area contributed by atoms with E-state index in [2.05, 4.69) is 0 Å². The lowest BCUT2D eigenvalue weighted by Gasteiger charge is -2.27. The molecule has 0 heterocycles. The van der Waals surface area contributed by atoms with Gasteiger partial charge in [0.05, 0.1) is 0 Å². The van der Waals surface area contributed by atoms with Crippen LogP contribution in [0.25, 0.3) is 11.1 Å². The maximum atomic E-state index is 12.8. The summed E-state index contributed by atoms with van der Waals surface area (Å²) in [5.74, 6) is -3.90. The molecule has 1 unspecified atom stereocenters. The minimum absolute atomic E-state index is 0.0965. The molecule has 8 nitrogen and oxygen atoms in total. The zero-order valence-electron chi connectivity index (χ0n) is 18.3. The maximum Gasteiger partial charge on any atom is 0.337 e. The minimum Gasteiger partial charge on any atom is -0.479 e. The Morgan fingerprint density at radius 3 is 1.97 bits per heavy atom. The number of hydrogen-bond donors (Lipinski definition) is 3. The molecular formula is C24H28N2O6. The van der Waals surface area contributed by atoms with Gasteiger partial charge in [-0.2, -0.15) is 0 Å². The van der Waals surface area contributed by atoms with Gasteiger partial charge in [0.2, 0.25) is 5.54 Å². The first-order valence-corrected chi connectivity index (χ1v) is 10.3. The third-order valence-electron chi connectivity index (χ3n) is 5.34. The average Bonchev–Trinajstić information content (AvgIpc) is 3.04. The van der Waals surface area contributed by atoms with Gasteiger partial charge in [-0.1, -0.05) is 48.5 Å². The van der Waals surface area contributed by atoms with Crippen LogP contribution in [0, 0.1) is 0 Å². The molecule has 3 rings (SSSR count). The number of carboxylic acids is 1. The monoisotopic (exact) mass is 440 g/mol. The van der Waals surface area contributed by atoms with Crippen LogP contribution in [0.3, 0.4) is 0 Å². The third kappa shape index (κ3) is 4.66. The molecule has 1 aliphatic rings. The van der Waals surface area contributed by atoms with Gasteiger partial charge in [0.25, 0.3) is 0 Å². The maximum absolute atomic E-state index is 12.8. The van der Waals surface area contributed by atoms with Gasteiger partial charge in [0.1, 0.15) is 18.2 Å². The Morgan fingerprint density at radius 1 is 1.00 bits per heavy atom. The topological polar surface area (TPSA) is 142 Å². The minimum atomic E-state index is -2.49. The second kappa shape index (κ2) is 8.72. The largest absolute Gasteiger partial charge is 0.479 e. The van der Waals surface area contributed by atoms with Gasteiger partial charge in [-0.05, 0) is 43.0 Å². The molecule has 0 bridgehead atoms. The number of esters is 2. The summed E-state index contributed by atoms with van der Waals surface area (Å²) >= 11 is 0. The Labute approximate surface area is 186 Å². The van der Waals surface area contributed by atoms with Gasteiger partial charge in [-0.15, -0.1) is 0 Å². The van der Waals surface area contributed by atoms with Crippen molar-refractivity contribution in [3.05, 3.63) is 59.7 Å². The molecule has 0 amide bonds. The Balaban J connectivity index is 1.76. The quantitative estimate of drug-likeness (QED) is 0.439. The van der Waals surface area contributed by atoms with E-state index in [4.69, 9.17) is 20.9 Å². The van der Waals surface area contributed by atoms with Crippen molar-refractivity contribution in [1.29, 1.82) is 0 Å². The fourth-order valence-corrected chi connectivity index (χ4v) is 3.79. The van der Waals surface area contributed by atoms with E-state index in [1.54, 1.807) is 20.8 Å². The first-order chi connectivity index (χ1) is 14.9. The molecule has 0 fully saturated rings. The number of hydrogen-bond acceptors (Lipinski definition) is 7. The SMILES string of the molecule is CC(C)(C)OC(=O)C(N)C[C@@](N)(C(=O)O)C(=O)OCC1c2ccccc2-c2ccccc21. The van der Waals surface area contributed by atoms with Crippen LogP contribution in [0.4, 0.5) is 0 Å². The van der Waals surface area contributed by atoms with E-state index in [0.29, 0.717) is 0 Å². The number of aliphatic carboxylic acids is 1. The number of rotatable bonds is 7. The lowest BCUT2D eigenvalue weighted by Crippen LogP contribution is -2.60. The van der Waals surface area contributed by atoms with Gasteiger partial charge in [-0.25, -0.2) is 9.59 Å². The smallest absolute Gasteiger partial charge is 0.337 e. The Kier molecular flexibility index (Phi) is 6.39. The molecule has 1 aliphatic carbocycles. The molecule has 2 aromatic rings. The van der Waals surface area contributed by atoms with Crippen LogP contribution in [0.2, 0.25) is 0 Å². The van der Waals surface area contributed by atoms with Crippen LogP contribution >= 0.6 is 0 Å². The molecule has 2 atom stereocenters. The lowest BCUT2D eigenvalue weighted by atomic mass is 9.92. The molecule has 170 valence electrons. The number of nitrogens with two attached hydrogens (primary N) is 2. The van der Waals surface area contributed by atoms with Crippen LogP contribution in [-0.4, -0.2) is 46.8 Å². The van der Waals surface area contributed by atoms with Crippen molar-refractivity contribution in [3.8, 4) is 11.1 Å². The summed E-state index contributed by atoms with van der Waals surface area (Å²) in [5, 5.41) is 9.64. The summed E-state index contributed by atoms with van der Waals surface area (Å²) in [6.07, 6.45) is -0.659. The summed E-state index contributed by atoms with van der Waals surface area (Å²) < 4.78 is 10.6. The summed E-state index contributed by atoms with van der Waals surface area (Å²) in [6.45, 7) is 4.85. The van der Waals surface area contributed by atoms with Gasteiger partial charge in [0, 0.05) is 12.3 Å². The van der Waals surface area contributed by atoms with Crippen LogP contribution in [0.5, 0.6) is 0 Å². The standard InChI is InChI=1S/C24H28N2O6/c1-23(2,3)32-20(27)19(25)12-24(26,21(28)29)22(30)31-13-18-16-10-6-4-8-14(16)15-9-5-7-11-17(15)18/h4-11,18-19H,12-13,25-26H2,1-3H3,(H,28,29)/t19?,24-/m1/s1. The van der Waals surface area contributed by atoms with E-state index in [1.165, 1.54) is 0 Å². The molecule has 0 saturated heterocycles. The molecule has 0 aromatic heterocycles. The van der Waals surface area contributed by atoms with E-state index in [0.717, 1.165) is 22.3 Å². The molecule has 0 spiro atoms. The van der Waals surface area contributed by atoms with Crippen molar-refractivity contribution in [2.24, 2.45) is 11.5 Å². The highest BCUT2D eigenvalue weighted by Gasteiger charge is 2.47. The molecule has 32 heavy (non-hydrogen) atoms. The summed E-state index contributed by atoms with van der Waals surface area (Å²) in [6, 6.07) is 14.1. The number of carboxylic acid groups (broad SMARTS) is 1. The second-order valence-electron chi connectivity index (χ2n) is 8.95. The van der Waals surface area contributed by atoms with Crippen LogP contribution in [0.15, 0.2) is 48.5 Å². The van der Waals surface area contributed by atoms with Crippen LogP contribution in [0.1, 0.15) is 44.2 Å². The van der Waals surface area contributed by atoms with E-state index in [1.807, 2.05) is 48.5 Å². The summed E-state index contributed by atoms with van der Waals surface area (Å²) in [4.78, 5) is 36.8. The molecule has 0 aliphatic heterocycles. The molecule has 2 aromatic carbocycles. The molecular weight excluding hydrogens is 412 g/mol. The van der Waals surface area contributed by atoms with E-state index in [9.17, 15) is 19.5 Å². The summed E-state index contributed by atoms with van der Waals surface area (Å²) in [7, 11) is 0. The van der Waals surface area contributed by atoms with Crippen molar-refractivity contribution in [1.82, 2.24) is 0 Å². The highest BCUT2D eigenvalue weighted by atomic mass is 16.6. The number of fused-ring (bicyclic) bond motifs is 3. The number of ether oxygens (including phenoxy) is 2. The molecule has 8 heteroatoms. The zero-order valence-corrected chi connectivity index (χ0v) is 18.3. The summed E-state index contributed by atoms with van der Waals surface area (Å²) in [5.41, 5.74) is 12.4. The first kappa shape index (κ1) is 23.4. The van der Waals surface area contributed by atoms with Crippen molar-refractivity contribution in [3.63, 3.8) is 0 Å². The first-order valence-electron chi connectivity index (χ1n) is 10.3. The van der Waals surface area contributed by atoms with Gasteiger partial charge in [-0.3, -0.25) is 4.79 Å². The van der Waals surface area contributed by atoms with Crippen molar-refractivity contribution < 1.29 is 29.0 Å². The van der Waals surface area contributed by atoms with E-state index >= 15 is 0 Å². The zero-order chi connectivity index (χ0) is 23.7. The van der Waals surface area contributed by atoms with Crippen molar-refractivity contribution in [2.75, 3.05) is 6.61 Å². The van der Waals surface area contributed by atoms with Crippen molar-refractivity contribution >= 4 is 17.9 Å². The number of benzene rings is 2. The molecule has 0 radical (unpaired) electrons.